The summed E-state index contributed by atoms with van der Waals surface area (Å²) in [6.45, 7) is 2.73. The van der Waals surface area contributed by atoms with Gasteiger partial charge in [0.25, 0.3) is 0 Å². The van der Waals surface area contributed by atoms with E-state index in [2.05, 4.69) is 14.8 Å². The summed E-state index contributed by atoms with van der Waals surface area (Å²) in [6.07, 6.45) is 1.72. The Morgan fingerprint density at radius 2 is 2.03 bits per heavy atom. The molecule has 29 heavy (non-hydrogen) atoms. The summed E-state index contributed by atoms with van der Waals surface area (Å²) in [7, 11) is -3.45. The van der Waals surface area contributed by atoms with Gasteiger partial charge in [-0.1, -0.05) is 30.3 Å². The summed E-state index contributed by atoms with van der Waals surface area (Å²) < 4.78 is 30.9. The lowest BCUT2D eigenvalue weighted by Gasteiger charge is -2.16. The molecule has 1 N–H and O–H groups in total. The van der Waals surface area contributed by atoms with Crippen molar-refractivity contribution in [2.24, 2.45) is 0 Å². The molecule has 0 amide bonds. The normalized spacial score (nSPS) is 17.1. The van der Waals surface area contributed by atoms with Crippen LogP contribution in [0.2, 0.25) is 0 Å². The van der Waals surface area contributed by atoms with Gasteiger partial charge in [0, 0.05) is 24.4 Å². The largest absolute Gasteiger partial charge is 0.346 e. The van der Waals surface area contributed by atoms with Crippen LogP contribution in [0.1, 0.15) is 34.9 Å². The second-order valence-electron chi connectivity index (χ2n) is 7.25. The minimum absolute atomic E-state index is 0.0469. The van der Waals surface area contributed by atoms with Crippen LogP contribution in [0.15, 0.2) is 40.5 Å². The maximum atomic E-state index is 12.7. The van der Waals surface area contributed by atoms with E-state index in [1.165, 1.54) is 4.68 Å². The van der Waals surface area contributed by atoms with E-state index in [0.29, 0.717) is 38.2 Å². The van der Waals surface area contributed by atoms with Gasteiger partial charge in [0.15, 0.2) is 0 Å². The van der Waals surface area contributed by atoms with E-state index in [0.717, 1.165) is 16.3 Å². The van der Waals surface area contributed by atoms with Crippen LogP contribution in [0, 0.1) is 6.92 Å². The molecule has 0 bridgehead atoms. The minimum atomic E-state index is -3.45. The highest BCUT2D eigenvalue weighted by molar-refractivity contribution is 7.88. The number of aryl methyl sites for hydroxylation is 2. The van der Waals surface area contributed by atoms with Gasteiger partial charge in [-0.2, -0.15) is 5.10 Å². The highest BCUT2D eigenvalue weighted by Crippen LogP contribution is 2.15. The second-order valence-corrected chi connectivity index (χ2v) is 10.1. The van der Waals surface area contributed by atoms with E-state index in [-0.39, 0.29) is 17.5 Å². The number of fused-ring (bicyclic) bond motifs is 1. The van der Waals surface area contributed by atoms with E-state index in [1.807, 2.05) is 30.5 Å². The summed E-state index contributed by atoms with van der Waals surface area (Å²) in [5, 5.41) is 7.36. The fourth-order valence-electron chi connectivity index (χ4n) is 3.57. The summed E-state index contributed by atoms with van der Waals surface area (Å²) in [5.41, 5.74) is 1.41. The van der Waals surface area contributed by atoms with Crippen molar-refractivity contribution in [1.29, 1.82) is 0 Å². The molecule has 0 aliphatic carbocycles. The fourth-order valence-corrected chi connectivity index (χ4v) is 5.63. The fraction of sp³-hybridized carbons (Fsp3) is 0.421. The van der Waals surface area contributed by atoms with Crippen molar-refractivity contribution in [2.75, 3.05) is 0 Å². The lowest BCUT2D eigenvalue weighted by molar-refractivity contribution is 0.487. The van der Waals surface area contributed by atoms with Crippen LogP contribution >= 0.6 is 11.3 Å². The first-order valence-electron chi connectivity index (χ1n) is 9.51. The van der Waals surface area contributed by atoms with Gasteiger partial charge in [-0.15, -0.1) is 11.3 Å². The maximum absolute atomic E-state index is 12.7. The Hall–Kier alpha value is -2.30. The molecule has 10 heteroatoms. The van der Waals surface area contributed by atoms with Crippen LogP contribution < -0.4 is 10.4 Å². The lowest BCUT2D eigenvalue weighted by Crippen LogP contribution is -2.36. The molecule has 0 saturated carbocycles. The predicted molar refractivity (Wildman–Crippen MR) is 111 cm³/mol. The Kier molecular flexibility index (Phi) is 5.66. The van der Waals surface area contributed by atoms with E-state index in [9.17, 15) is 13.2 Å². The number of nitrogens with one attached hydrogen (secondary N) is 1. The molecular weight excluding hydrogens is 410 g/mol. The van der Waals surface area contributed by atoms with Crippen molar-refractivity contribution in [3.8, 4) is 0 Å². The number of sulfonamides is 1. The zero-order valence-electron chi connectivity index (χ0n) is 16.1. The molecule has 0 spiro atoms. The molecular formula is C19H23N5O3S2. The Balaban J connectivity index is 1.42. The Labute approximate surface area is 173 Å². The van der Waals surface area contributed by atoms with Gasteiger partial charge in [0.1, 0.15) is 5.82 Å². The molecule has 154 valence electrons. The second kappa shape index (κ2) is 8.21. The summed E-state index contributed by atoms with van der Waals surface area (Å²) in [5.74, 6) is 0.654. The molecule has 1 atom stereocenters. The molecule has 2 aromatic heterocycles. The first kappa shape index (κ1) is 20.0. The number of thiazole rings is 1. The maximum Gasteiger partial charge on any atom is 0.346 e. The summed E-state index contributed by atoms with van der Waals surface area (Å²) in [4.78, 5) is 17.1. The van der Waals surface area contributed by atoms with Gasteiger partial charge < -0.3 is 0 Å². The molecule has 8 nitrogen and oxygen atoms in total. The monoisotopic (exact) mass is 433 g/mol. The average Bonchev–Trinajstić information content (AvgIpc) is 3.14. The number of hydrogen-bond acceptors (Lipinski definition) is 6. The topological polar surface area (TPSA) is 98.9 Å². The van der Waals surface area contributed by atoms with Gasteiger partial charge in [0.2, 0.25) is 10.0 Å². The van der Waals surface area contributed by atoms with Crippen LogP contribution in [0.5, 0.6) is 0 Å². The number of benzene rings is 1. The quantitative estimate of drug-likeness (QED) is 0.638. The molecule has 0 fully saturated rings. The van der Waals surface area contributed by atoms with E-state index in [4.69, 9.17) is 0 Å². The summed E-state index contributed by atoms with van der Waals surface area (Å²) >= 11 is 1.55. The molecule has 1 unspecified atom stereocenters. The highest BCUT2D eigenvalue weighted by atomic mass is 32.2. The van der Waals surface area contributed by atoms with Crippen molar-refractivity contribution < 1.29 is 8.42 Å². The van der Waals surface area contributed by atoms with Gasteiger partial charge >= 0.3 is 5.69 Å². The molecule has 1 aliphatic rings. The highest BCUT2D eigenvalue weighted by Gasteiger charge is 2.24. The number of hydrogen-bond donors (Lipinski definition) is 1. The van der Waals surface area contributed by atoms with Crippen LogP contribution in [-0.4, -0.2) is 33.8 Å². The molecule has 4 rings (SSSR count). The van der Waals surface area contributed by atoms with Crippen LogP contribution in [0.4, 0.5) is 0 Å². The lowest BCUT2D eigenvalue weighted by atomic mass is 10.1. The smallest absolute Gasteiger partial charge is 0.279 e. The zero-order chi connectivity index (χ0) is 20.4. The van der Waals surface area contributed by atoms with Crippen LogP contribution in [0.25, 0.3) is 0 Å². The van der Waals surface area contributed by atoms with E-state index in [1.54, 1.807) is 28.0 Å². The average molecular weight is 434 g/mol. The van der Waals surface area contributed by atoms with Gasteiger partial charge in [-0.25, -0.2) is 27.6 Å². The predicted octanol–water partition coefficient (Wildman–Crippen LogP) is 1.68. The molecule has 1 aromatic carbocycles. The van der Waals surface area contributed by atoms with Crippen molar-refractivity contribution >= 4 is 21.4 Å². The van der Waals surface area contributed by atoms with Crippen molar-refractivity contribution in [1.82, 2.24) is 24.1 Å². The molecule has 0 saturated heterocycles. The molecule has 3 aromatic rings. The van der Waals surface area contributed by atoms with Crippen molar-refractivity contribution in [3.05, 3.63) is 68.3 Å². The SMILES string of the molecule is Cc1nc(Cn2nc3n(c2=O)CCC(NS(=O)(=O)Cc2ccccc2)CC3)cs1. The summed E-state index contributed by atoms with van der Waals surface area (Å²) in [6, 6.07) is 8.90. The Morgan fingerprint density at radius 3 is 2.76 bits per heavy atom. The zero-order valence-corrected chi connectivity index (χ0v) is 17.7. The van der Waals surface area contributed by atoms with Gasteiger partial charge in [-0.3, -0.25) is 4.57 Å². The minimum Gasteiger partial charge on any atom is -0.279 e. The number of nitrogens with zero attached hydrogens (tertiary/aromatic N) is 4. The standard InChI is InChI=1S/C19H23N5O3S2/c1-14-20-17(12-28-14)11-24-19(25)23-10-9-16(7-8-18(23)21-24)22-29(26,27)13-15-5-3-2-4-6-15/h2-6,12,16,22H,7-11,13H2,1H3. The Morgan fingerprint density at radius 1 is 1.24 bits per heavy atom. The van der Waals surface area contributed by atoms with E-state index >= 15 is 0 Å². The third-order valence-electron chi connectivity index (χ3n) is 4.94. The first-order chi connectivity index (χ1) is 13.9. The number of rotatable bonds is 6. The Bertz CT molecular complexity index is 1150. The first-order valence-corrected chi connectivity index (χ1v) is 12.0. The van der Waals surface area contributed by atoms with Crippen LogP contribution in [-0.2, 0) is 35.3 Å². The van der Waals surface area contributed by atoms with Gasteiger partial charge in [0.05, 0.1) is 23.0 Å². The molecule has 0 radical (unpaired) electrons. The number of aromatic nitrogens is 4. The molecule has 3 heterocycles. The molecule has 1 aliphatic heterocycles. The van der Waals surface area contributed by atoms with Gasteiger partial charge in [-0.05, 0) is 25.3 Å². The third kappa shape index (κ3) is 4.82. The van der Waals surface area contributed by atoms with Crippen LogP contribution in [0.3, 0.4) is 0 Å². The van der Waals surface area contributed by atoms with E-state index < -0.39 is 10.0 Å². The van der Waals surface area contributed by atoms with Crippen molar-refractivity contribution in [2.45, 2.75) is 51.1 Å². The third-order valence-corrected chi connectivity index (χ3v) is 7.17. The van der Waals surface area contributed by atoms with Crippen molar-refractivity contribution in [3.63, 3.8) is 0 Å².